The molecule has 6 nitrogen and oxygen atoms in total. The lowest BCUT2D eigenvalue weighted by molar-refractivity contribution is -0.149. The third kappa shape index (κ3) is 5.45. The van der Waals surface area contributed by atoms with Crippen molar-refractivity contribution in [2.45, 2.75) is 32.4 Å². The number of anilines is 1. The number of thiocarbonyl (C=S) groups is 1. The molecule has 0 radical (unpaired) electrons. The number of benzene rings is 1. The Labute approximate surface area is 151 Å². The molecule has 0 saturated carbocycles. The van der Waals surface area contributed by atoms with Crippen molar-refractivity contribution in [1.82, 2.24) is 5.32 Å². The van der Waals surface area contributed by atoms with E-state index in [9.17, 15) is 4.79 Å². The van der Waals surface area contributed by atoms with E-state index in [0.717, 1.165) is 11.4 Å². The zero-order valence-corrected chi connectivity index (χ0v) is 15.6. The standard InChI is InChI=1S/C16H22N2O4S2/c1-10(2)22-15(19)12(6-7-24-3)18-16(23)17-11-4-5-13-14(8-11)21-9-20-13/h4-5,8,10,12H,6-7,9H2,1-3H3,(H2,17,18,23). The molecule has 0 aromatic heterocycles. The zero-order valence-electron chi connectivity index (χ0n) is 14.0. The van der Waals surface area contributed by atoms with Crippen LogP contribution in [0.2, 0.25) is 0 Å². The van der Waals surface area contributed by atoms with Crippen LogP contribution in [0, 0.1) is 0 Å². The number of ether oxygens (including phenoxy) is 3. The minimum Gasteiger partial charge on any atom is -0.461 e. The maximum Gasteiger partial charge on any atom is 0.328 e. The molecule has 0 fully saturated rings. The summed E-state index contributed by atoms with van der Waals surface area (Å²) in [7, 11) is 0. The van der Waals surface area contributed by atoms with Gasteiger partial charge in [-0.15, -0.1) is 0 Å². The molecule has 2 N–H and O–H groups in total. The normalized spacial score (nSPS) is 13.5. The van der Waals surface area contributed by atoms with Gasteiger partial charge >= 0.3 is 5.97 Å². The van der Waals surface area contributed by atoms with Gasteiger partial charge in [0.15, 0.2) is 16.6 Å². The first-order valence-electron chi connectivity index (χ1n) is 7.66. The molecule has 1 heterocycles. The van der Waals surface area contributed by atoms with Gasteiger partial charge in [-0.3, -0.25) is 0 Å². The van der Waals surface area contributed by atoms with Crippen molar-refractivity contribution in [2.24, 2.45) is 0 Å². The van der Waals surface area contributed by atoms with Gasteiger partial charge in [0.25, 0.3) is 0 Å². The average Bonchev–Trinajstić information content (AvgIpc) is 2.98. The van der Waals surface area contributed by atoms with E-state index in [2.05, 4.69) is 10.6 Å². The van der Waals surface area contributed by atoms with Crippen LogP contribution in [0.5, 0.6) is 11.5 Å². The molecule has 0 aliphatic carbocycles. The second-order valence-corrected chi connectivity index (χ2v) is 6.88. The molecule has 0 spiro atoms. The van der Waals surface area contributed by atoms with E-state index in [0.29, 0.717) is 23.0 Å². The predicted molar refractivity (Wildman–Crippen MR) is 99.9 cm³/mol. The van der Waals surface area contributed by atoms with Gasteiger partial charge in [-0.25, -0.2) is 4.79 Å². The number of fused-ring (bicyclic) bond motifs is 1. The molecule has 1 aliphatic heterocycles. The fourth-order valence-electron chi connectivity index (χ4n) is 2.10. The molecule has 1 atom stereocenters. The Bertz CT molecular complexity index is 595. The number of hydrogen-bond donors (Lipinski definition) is 2. The van der Waals surface area contributed by atoms with E-state index in [4.69, 9.17) is 26.4 Å². The van der Waals surface area contributed by atoms with Crippen LogP contribution in [0.1, 0.15) is 20.3 Å². The van der Waals surface area contributed by atoms with Crippen LogP contribution in [0.15, 0.2) is 18.2 Å². The third-order valence-corrected chi connectivity index (χ3v) is 4.05. The minimum absolute atomic E-state index is 0.161. The van der Waals surface area contributed by atoms with E-state index in [1.807, 2.05) is 32.2 Å². The number of hydrogen-bond acceptors (Lipinski definition) is 6. The van der Waals surface area contributed by atoms with Gasteiger partial charge in [0.2, 0.25) is 6.79 Å². The van der Waals surface area contributed by atoms with Crippen LogP contribution >= 0.6 is 24.0 Å². The van der Waals surface area contributed by atoms with Crippen molar-refractivity contribution in [3.63, 3.8) is 0 Å². The molecule has 1 unspecified atom stereocenters. The van der Waals surface area contributed by atoms with Crippen LogP contribution in [0.25, 0.3) is 0 Å². The Morgan fingerprint density at radius 3 is 2.83 bits per heavy atom. The van der Waals surface area contributed by atoms with Crippen LogP contribution in [-0.2, 0) is 9.53 Å². The Hall–Kier alpha value is -1.67. The van der Waals surface area contributed by atoms with Gasteiger partial charge < -0.3 is 24.8 Å². The van der Waals surface area contributed by atoms with Gasteiger partial charge in [-0.1, -0.05) is 0 Å². The Balaban J connectivity index is 1.95. The summed E-state index contributed by atoms with van der Waals surface area (Å²) in [5, 5.41) is 6.45. The summed E-state index contributed by atoms with van der Waals surface area (Å²) in [6, 6.07) is 4.98. The maximum absolute atomic E-state index is 12.2. The lowest BCUT2D eigenvalue weighted by Crippen LogP contribution is -2.44. The highest BCUT2D eigenvalue weighted by atomic mass is 32.2. The van der Waals surface area contributed by atoms with Crippen LogP contribution < -0.4 is 20.1 Å². The summed E-state index contributed by atoms with van der Waals surface area (Å²) in [6.07, 6.45) is 2.47. The molecular formula is C16H22N2O4S2. The first-order valence-corrected chi connectivity index (χ1v) is 9.46. The third-order valence-electron chi connectivity index (χ3n) is 3.18. The monoisotopic (exact) mass is 370 g/mol. The number of rotatable bonds is 7. The number of esters is 1. The Morgan fingerprint density at radius 1 is 1.38 bits per heavy atom. The van der Waals surface area contributed by atoms with E-state index in [1.165, 1.54) is 0 Å². The summed E-state index contributed by atoms with van der Waals surface area (Å²) in [4.78, 5) is 12.2. The smallest absolute Gasteiger partial charge is 0.328 e. The van der Waals surface area contributed by atoms with Gasteiger partial charge in [-0.2, -0.15) is 11.8 Å². The minimum atomic E-state index is -0.478. The molecule has 0 bridgehead atoms. The Kier molecular flexibility index (Phi) is 6.99. The topological polar surface area (TPSA) is 68.8 Å². The van der Waals surface area contributed by atoms with Gasteiger partial charge in [0.05, 0.1) is 6.10 Å². The predicted octanol–water partition coefficient (Wildman–Crippen LogP) is 2.78. The van der Waals surface area contributed by atoms with E-state index >= 15 is 0 Å². The van der Waals surface area contributed by atoms with Crippen LogP contribution in [0.3, 0.4) is 0 Å². The van der Waals surface area contributed by atoms with Crippen molar-refractivity contribution in [3.05, 3.63) is 18.2 Å². The van der Waals surface area contributed by atoms with Crippen molar-refractivity contribution in [2.75, 3.05) is 24.1 Å². The highest BCUT2D eigenvalue weighted by Crippen LogP contribution is 2.34. The summed E-state index contributed by atoms with van der Waals surface area (Å²) in [5.74, 6) is 1.91. The average molecular weight is 370 g/mol. The molecule has 1 aliphatic rings. The Morgan fingerprint density at radius 2 is 2.12 bits per heavy atom. The quantitative estimate of drug-likeness (QED) is 0.561. The molecule has 2 rings (SSSR count). The first kappa shape index (κ1) is 18.7. The number of thioether (sulfide) groups is 1. The molecule has 1 aromatic rings. The van der Waals surface area contributed by atoms with Gasteiger partial charge in [0, 0.05) is 11.8 Å². The number of nitrogens with one attached hydrogen (secondary N) is 2. The molecule has 8 heteroatoms. The van der Waals surface area contributed by atoms with Crippen LogP contribution in [-0.4, -0.2) is 42.0 Å². The molecular weight excluding hydrogens is 348 g/mol. The van der Waals surface area contributed by atoms with E-state index in [1.54, 1.807) is 17.8 Å². The van der Waals surface area contributed by atoms with Crippen molar-refractivity contribution >= 4 is 40.7 Å². The number of carbonyl (C=O) groups excluding carboxylic acids is 1. The lowest BCUT2D eigenvalue weighted by Gasteiger charge is -2.20. The summed E-state index contributed by atoms with van der Waals surface area (Å²) in [6.45, 7) is 3.87. The van der Waals surface area contributed by atoms with Gasteiger partial charge in [-0.05, 0) is 56.6 Å². The highest BCUT2D eigenvalue weighted by molar-refractivity contribution is 7.98. The first-order chi connectivity index (χ1) is 11.5. The van der Waals surface area contributed by atoms with Crippen molar-refractivity contribution < 1.29 is 19.0 Å². The lowest BCUT2D eigenvalue weighted by atomic mass is 10.2. The maximum atomic E-state index is 12.2. The van der Waals surface area contributed by atoms with Crippen molar-refractivity contribution in [3.8, 4) is 11.5 Å². The second-order valence-electron chi connectivity index (χ2n) is 5.49. The van der Waals surface area contributed by atoms with E-state index in [-0.39, 0.29) is 18.9 Å². The summed E-state index contributed by atoms with van der Waals surface area (Å²) >= 11 is 6.98. The molecule has 24 heavy (non-hydrogen) atoms. The number of carbonyl (C=O) groups is 1. The van der Waals surface area contributed by atoms with Crippen molar-refractivity contribution in [1.29, 1.82) is 0 Å². The highest BCUT2D eigenvalue weighted by Gasteiger charge is 2.22. The largest absolute Gasteiger partial charge is 0.461 e. The second kappa shape index (κ2) is 8.98. The molecule has 0 saturated heterocycles. The van der Waals surface area contributed by atoms with Crippen LogP contribution in [0.4, 0.5) is 5.69 Å². The molecule has 132 valence electrons. The molecule has 1 aromatic carbocycles. The SMILES string of the molecule is CSCCC(NC(=S)Nc1ccc2c(c1)OCO2)C(=O)OC(C)C. The zero-order chi connectivity index (χ0) is 17.5. The fourth-order valence-corrected chi connectivity index (χ4v) is 2.83. The summed E-state index contributed by atoms with van der Waals surface area (Å²) in [5.41, 5.74) is 0.762. The van der Waals surface area contributed by atoms with E-state index < -0.39 is 6.04 Å². The molecule has 0 amide bonds. The summed E-state index contributed by atoms with van der Waals surface area (Å²) < 4.78 is 15.9. The fraction of sp³-hybridized carbons (Fsp3) is 0.500. The van der Waals surface area contributed by atoms with Gasteiger partial charge in [0.1, 0.15) is 6.04 Å².